The SMILES string of the molecule is CC(Nc1nccc(-n2cnc3cc(-c4ccncc4)ccc32)n1)C1CN(C(=O)Nc2ccc(Br)c3ccccc23)CCN1C. The van der Waals surface area contributed by atoms with Crippen LogP contribution in [-0.2, 0) is 0 Å². The number of benzene rings is 3. The summed E-state index contributed by atoms with van der Waals surface area (Å²) in [4.78, 5) is 35.7. The molecule has 11 heteroatoms. The van der Waals surface area contributed by atoms with Crippen molar-refractivity contribution >= 4 is 55.4 Å². The van der Waals surface area contributed by atoms with Crippen molar-refractivity contribution in [3.05, 3.63) is 102 Å². The number of piperazine rings is 1. The minimum absolute atomic E-state index is 0.0307. The first-order chi connectivity index (χ1) is 21.9. The van der Waals surface area contributed by atoms with Crippen LogP contribution in [0.4, 0.5) is 16.4 Å². The number of carbonyl (C=O) groups excluding carboxylic acids is 1. The first-order valence-electron chi connectivity index (χ1n) is 14.9. The molecule has 7 rings (SSSR count). The Morgan fingerprint density at radius 3 is 2.60 bits per heavy atom. The Bertz CT molecular complexity index is 2000. The predicted molar refractivity (Wildman–Crippen MR) is 182 cm³/mol. The molecule has 3 aromatic heterocycles. The van der Waals surface area contributed by atoms with E-state index in [0.29, 0.717) is 19.0 Å². The van der Waals surface area contributed by atoms with Gasteiger partial charge in [0.25, 0.3) is 0 Å². The molecule has 1 aliphatic rings. The maximum atomic E-state index is 13.4. The van der Waals surface area contributed by atoms with E-state index in [-0.39, 0.29) is 18.1 Å². The number of nitrogens with one attached hydrogen (secondary N) is 2. The molecule has 226 valence electrons. The Kier molecular flexibility index (Phi) is 7.86. The number of halogens is 1. The van der Waals surface area contributed by atoms with Gasteiger partial charge in [0.1, 0.15) is 12.1 Å². The molecule has 1 saturated heterocycles. The molecular formula is C34H32BrN9O. The Labute approximate surface area is 269 Å². The molecule has 3 aromatic carbocycles. The topological polar surface area (TPSA) is 104 Å². The van der Waals surface area contributed by atoms with Crippen molar-refractivity contribution in [1.82, 2.24) is 34.3 Å². The van der Waals surface area contributed by atoms with Gasteiger partial charge < -0.3 is 15.5 Å². The van der Waals surface area contributed by atoms with Crippen molar-refractivity contribution < 1.29 is 4.79 Å². The number of likely N-dealkylation sites (N-methyl/N-ethyl adjacent to an activating group) is 1. The van der Waals surface area contributed by atoms with E-state index in [0.717, 1.165) is 55.5 Å². The highest BCUT2D eigenvalue weighted by Crippen LogP contribution is 2.30. The molecule has 2 N–H and O–H groups in total. The fourth-order valence-electron chi connectivity index (χ4n) is 5.96. The van der Waals surface area contributed by atoms with Gasteiger partial charge in [0.15, 0.2) is 0 Å². The fraction of sp³-hybridized carbons (Fsp3) is 0.206. The van der Waals surface area contributed by atoms with Gasteiger partial charge in [-0.15, -0.1) is 0 Å². The van der Waals surface area contributed by atoms with Gasteiger partial charge in [-0.1, -0.05) is 46.3 Å². The normalized spacial score (nSPS) is 16.2. The highest BCUT2D eigenvalue weighted by atomic mass is 79.9. The minimum Gasteiger partial charge on any atom is -0.350 e. The molecule has 0 bridgehead atoms. The van der Waals surface area contributed by atoms with E-state index >= 15 is 0 Å². The molecule has 6 aromatic rings. The van der Waals surface area contributed by atoms with Crippen LogP contribution in [0.1, 0.15) is 6.92 Å². The Morgan fingerprint density at radius 1 is 0.933 bits per heavy atom. The third-order valence-electron chi connectivity index (χ3n) is 8.48. The summed E-state index contributed by atoms with van der Waals surface area (Å²) >= 11 is 3.62. The molecule has 0 radical (unpaired) electrons. The van der Waals surface area contributed by atoms with Crippen LogP contribution in [0.15, 0.2) is 102 Å². The summed E-state index contributed by atoms with van der Waals surface area (Å²) in [5.41, 5.74) is 4.81. The van der Waals surface area contributed by atoms with Crippen LogP contribution >= 0.6 is 15.9 Å². The second-order valence-corrected chi connectivity index (χ2v) is 12.1. The number of pyridine rings is 1. The number of aromatic nitrogens is 5. The summed E-state index contributed by atoms with van der Waals surface area (Å²) in [6, 6.07) is 23.9. The van der Waals surface area contributed by atoms with Crippen molar-refractivity contribution in [3.63, 3.8) is 0 Å². The summed E-state index contributed by atoms with van der Waals surface area (Å²) in [5.74, 6) is 1.24. The zero-order valence-corrected chi connectivity index (χ0v) is 26.5. The van der Waals surface area contributed by atoms with E-state index < -0.39 is 0 Å². The minimum atomic E-state index is -0.106. The van der Waals surface area contributed by atoms with Gasteiger partial charge in [-0.25, -0.2) is 14.8 Å². The number of amides is 2. The zero-order chi connectivity index (χ0) is 30.9. The summed E-state index contributed by atoms with van der Waals surface area (Å²) < 4.78 is 2.96. The summed E-state index contributed by atoms with van der Waals surface area (Å²) in [6.07, 6.45) is 7.12. The standard InChI is InChI=1S/C34H32BrN9O/c1-22(31-20-43(18-17-42(31)2)34(45)40-28-9-8-27(35)25-5-3-4-6-26(25)28)39-33-37-16-13-32(41-33)44-21-38-29-19-24(7-10-30(29)44)23-11-14-36-15-12-23/h3-16,19,21-22,31H,17-18,20H2,1-2H3,(H,40,45)(H,37,39,41). The van der Waals surface area contributed by atoms with Crippen molar-refractivity contribution in [3.8, 4) is 16.9 Å². The van der Waals surface area contributed by atoms with Crippen LogP contribution in [0.2, 0.25) is 0 Å². The Morgan fingerprint density at radius 2 is 1.76 bits per heavy atom. The number of imidazole rings is 1. The lowest BCUT2D eigenvalue weighted by atomic mass is 10.1. The number of nitrogens with zero attached hydrogens (tertiary/aromatic N) is 7. The smallest absolute Gasteiger partial charge is 0.321 e. The number of rotatable bonds is 6. The second-order valence-electron chi connectivity index (χ2n) is 11.3. The first kappa shape index (κ1) is 28.9. The van der Waals surface area contributed by atoms with Crippen LogP contribution < -0.4 is 10.6 Å². The molecular weight excluding hydrogens is 630 g/mol. The highest BCUT2D eigenvalue weighted by Gasteiger charge is 2.31. The highest BCUT2D eigenvalue weighted by molar-refractivity contribution is 9.10. The fourth-order valence-corrected chi connectivity index (χ4v) is 6.44. The maximum absolute atomic E-state index is 13.4. The number of hydrogen-bond donors (Lipinski definition) is 2. The number of hydrogen-bond acceptors (Lipinski definition) is 7. The van der Waals surface area contributed by atoms with E-state index in [2.05, 4.69) is 78.6 Å². The second kappa shape index (κ2) is 12.3. The molecule has 0 saturated carbocycles. The predicted octanol–water partition coefficient (Wildman–Crippen LogP) is 6.44. The van der Waals surface area contributed by atoms with Crippen molar-refractivity contribution in [2.45, 2.75) is 19.0 Å². The summed E-state index contributed by atoms with van der Waals surface area (Å²) in [7, 11) is 2.09. The molecule has 1 aliphatic heterocycles. The van der Waals surface area contributed by atoms with E-state index in [1.807, 2.05) is 64.1 Å². The molecule has 45 heavy (non-hydrogen) atoms. The van der Waals surface area contributed by atoms with Gasteiger partial charge in [0.05, 0.1) is 16.7 Å². The number of carbonyl (C=O) groups is 1. The molecule has 0 spiro atoms. The van der Waals surface area contributed by atoms with Crippen LogP contribution in [0.5, 0.6) is 0 Å². The molecule has 0 aliphatic carbocycles. The molecule has 4 heterocycles. The lowest BCUT2D eigenvalue weighted by Crippen LogP contribution is -2.59. The van der Waals surface area contributed by atoms with Crippen LogP contribution in [0.25, 0.3) is 38.8 Å². The lowest BCUT2D eigenvalue weighted by molar-refractivity contribution is 0.108. The first-order valence-corrected chi connectivity index (χ1v) is 15.6. The van der Waals surface area contributed by atoms with Crippen LogP contribution in [0, 0.1) is 0 Å². The van der Waals surface area contributed by atoms with Crippen LogP contribution in [-0.4, -0.2) is 79.1 Å². The van der Waals surface area contributed by atoms with Gasteiger partial charge in [-0.2, -0.15) is 4.98 Å². The molecule has 2 atom stereocenters. The van der Waals surface area contributed by atoms with E-state index in [4.69, 9.17) is 4.98 Å². The molecule has 1 fully saturated rings. The zero-order valence-electron chi connectivity index (χ0n) is 24.9. The van der Waals surface area contributed by atoms with Crippen molar-refractivity contribution in [2.75, 3.05) is 37.3 Å². The molecule has 2 amide bonds. The number of fused-ring (bicyclic) bond motifs is 2. The Hall–Kier alpha value is -4.87. The lowest BCUT2D eigenvalue weighted by Gasteiger charge is -2.42. The Balaban J connectivity index is 1.05. The van der Waals surface area contributed by atoms with E-state index in [1.165, 1.54) is 0 Å². The monoisotopic (exact) mass is 661 g/mol. The van der Waals surface area contributed by atoms with Crippen molar-refractivity contribution in [2.24, 2.45) is 0 Å². The quantitative estimate of drug-likeness (QED) is 0.212. The van der Waals surface area contributed by atoms with E-state index in [1.54, 1.807) is 24.9 Å². The third-order valence-corrected chi connectivity index (χ3v) is 9.17. The van der Waals surface area contributed by atoms with Gasteiger partial charge in [0, 0.05) is 60.2 Å². The van der Waals surface area contributed by atoms with Gasteiger partial charge >= 0.3 is 6.03 Å². The van der Waals surface area contributed by atoms with Crippen molar-refractivity contribution in [1.29, 1.82) is 0 Å². The largest absolute Gasteiger partial charge is 0.350 e. The summed E-state index contributed by atoms with van der Waals surface area (Å²) in [5, 5.41) is 8.70. The molecule has 10 nitrogen and oxygen atoms in total. The van der Waals surface area contributed by atoms with Gasteiger partial charge in [-0.05, 0) is 72.9 Å². The summed E-state index contributed by atoms with van der Waals surface area (Å²) in [6.45, 7) is 4.07. The number of anilines is 2. The average molecular weight is 663 g/mol. The maximum Gasteiger partial charge on any atom is 0.321 e. The number of urea groups is 1. The van der Waals surface area contributed by atoms with Gasteiger partial charge in [-0.3, -0.25) is 14.5 Å². The third kappa shape index (κ3) is 5.84. The van der Waals surface area contributed by atoms with Gasteiger partial charge in [0.2, 0.25) is 5.95 Å². The average Bonchev–Trinajstić information content (AvgIpc) is 3.50. The van der Waals surface area contributed by atoms with E-state index in [9.17, 15) is 4.79 Å². The van der Waals surface area contributed by atoms with Crippen LogP contribution in [0.3, 0.4) is 0 Å². The molecule has 2 unspecified atom stereocenters.